The standard InChI is InChI=1S/C31H34N2O7/c1-4-16-38-31(37)23-8-10-24(11-9-23)33-29(35)20-39-30(36)7-5-6-28(34)32-25-12-14-26(15-13-25)40-27-18-21(2)17-22(3)19-27/h8-15,17-19H,4-7,16,20H2,1-3H3,(H,32,34)(H,33,35). The predicted octanol–water partition coefficient (Wildman–Crippen LogP) is 5.95. The smallest absolute Gasteiger partial charge is 0.338 e. The average molecular weight is 547 g/mol. The van der Waals surface area contributed by atoms with Crippen molar-refractivity contribution in [2.75, 3.05) is 23.8 Å². The molecule has 40 heavy (non-hydrogen) atoms. The Kier molecular flexibility index (Phi) is 11.3. The van der Waals surface area contributed by atoms with Crippen LogP contribution in [0.3, 0.4) is 0 Å². The van der Waals surface area contributed by atoms with E-state index < -0.39 is 24.5 Å². The lowest BCUT2D eigenvalue weighted by Gasteiger charge is -2.10. The maximum atomic E-state index is 12.2. The molecule has 3 aromatic rings. The molecule has 0 aliphatic carbocycles. The lowest BCUT2D eigenvalue weighted by Crippen LogP contribution is -2.21. The van der Waals surface area contributed by atoms with Crippen LogP contribution in [0.5, 0.6) is 11.5 Å². The minimum Gasteiger partial charge on any atom is -0.462 e. The molecule has 0 heterocycles. The number of anilines is 2. The molecule has 0 fully saturated rings. The third-order valence-corrected chi connectivity index (χ3v) is 5.56. The van der Waals surface area contributed by atoms with Crippen LogP contribution >= 0.6 is 0 Å². The van der Waals surface area contributed by atoms with Crippen LogP contribution in [0.15, 0.2) is 66.7 Å². The van der Waals surface area contributed by atoms with Crippen LogP contribution in [-0.2, 0) is 23.9 Å². The van der Waals surface area contributed by atoms with Gasteiger partial charge in [0.05, 0.1) is 12.2 Å². The fourth-order valence-electron chi connectivity index (χ4n) is 3.73. The SMILES string of the molecule is CCCOC(=O)c1ccc(NC(=O)COC(=O)CCCC(=O)Nc2ccc(Oc3cc(C)cc(C)c3)cc2)cc1. The van der Waals surface area contributed by atoms with Crippen LogP contribution in [0, 0.1) is 13.8 Å². The summed E-state index contributed by atoms with van der Waals surface area (Å²) in [4.78, 5) is 48.1. The summed E-state index contributed by atoms with van der Waals surface area (Å²) in [6.07, 6.45) is 1.12. The van der Waals surface area contributed by atoms with E-state index in [1.807, 2.05) is 32.9 Å². The third kappa shape index (κ3) is 10.2. The van der Waals surface area contributed by atoms with Gasteiger partial charge in [-0.3, -0.25) is 14.4 Å². The first-order valence-electron chi connectivity index (χ1n) is 13.1. The summed E-state index contributed by atoms with van der Waals surface area (Å²) in [6.45, 7) is 5.80. The molecule has 3 rings (SSSR count). The van der Waals surface area contributed by atoms with Crippen molar-refractivity contribution in [1.82, 2.24) is 0 Å². The molecule has 0 unspecified atom stereocenters. The quantitative estimate of drug-likeness (QED) is 0.254. The first-order chi connectivity index (χ1) is 19.2. The van der Waals surface area contributed by atoms with E-state index in [1.54, 1.807) is 48.5 Å². The highest BCUT2D eigenvalue weighted by Crippen LogP contribution is 2.25. The summed E-state index contributed by atoms with van der Waals surface area (Å²) in [5, 5.41) is 5.37. The number of rotatable bonds is 13. The van der Waals surface area contributed by atoms with Crippen LogP contribution in [0.2, 0.25) is 0 Å². The Balaban J connectivity index is 1.32. The summed E-state index contributed by atoms with van der Waals surface area (Å²) in [5.41, 5.74) is 3.67. The Hall–Kier alpha value is -4.66. The second kappa shape index (κ2) is 15.1. The number of carbonyl (C=O) groups excluding carboxylic acids is 4. The highest BCUT2D eigenvalue weighted by molar-refractivity contribution is 5.94. The van der Waals surface area contributed by atoms with Gasteiger partial charge in [0, 0.05) is 24.2 Å². The number of nitrogens with one attached hydrogen (secondary N) is 2. The van der Waals surface area contributed by atoms with Gasteiger partial charge < -0.3 is 24.8 Å². The van der Waals surface area contributed by atoms with E-state index in [0.717, 1.165) is 23.3 Å². The van der Waals surface area contributed by atoms with Crippen molar-refractivity contribution in [1.29, 1.82) is 0 Å². The van der Waals surface area contributed by atoms with Crippen LogP contribution in [0.1, 0.15) is 54.1 Å². The molecule has 0 aliphatic rings. The van der Waals surface area contributed by atoms with Gasteiger partial charge in [0.15, 0.2) is 6.61 Å². The topological polar surface area (TPSA) is 120 Å². The van der Waals surface area contributed by atoms with Gasteiger partial charge in [0.25, 0.3) is 5.91 Å². The highest BCUT2D eigenvalue weighted by atomic mass is 16.5. The van der Waals surface area contributed by atoms with Crippen LogP contribution in [0.25, 0.3) is 0 Å². The molecular weight excluding hydrogens is 512 g/mol. The molecule has 210 valence electrons. The summed E-state index contributed by atoms with van der Waals surface area (Å²) < 4.78 is 15.9. The fraction of sp³-hybridized carbons (Fsp3) is 0.290. The molecule has 9 heteroatoms. The molecule has 0 aromatic heterocycles. The van der Waals surface area contributed by atoms with E-state index in [2.05, 4.69) is 16.7 Å². The number of hydrogen-bond donors (Lipinski definition) is 2. The molecule has 2 amide bonds. The van der Waals surface area contributed by atoms with Crippen LogP contribution < -0.4 is 15.4 Å². The van der Waals surface area contributed by atoms with Gasteiger partial charge in [0.1, 0.15) is 11.5 Å². The Bertz CT molecular complexity index is 1300. The van der Waals surface area contributed by atoms with E-state index in [0.29, 0.717) is 29.3 Å². The molecule has 9 nitrogen and oxygen atoms in total. The number of amides is 2. The minimum atomic E-state index is -0.579. The summed E-state index contributed by atoms with van der Waals surface area (Å²) in [5.74, 6) is -0.367. The van der Waals surface area contributed by atoms with E-state index in [4.69, 9.17) is 14.2 Å². The average Bonchev–Trinajstić information content (AvgIpc) is 2.91. The zero-order chi connectivity index (χ0) is 28.9. The van der Waals surface area contributed by atoms with Gasteiger partial charge >= 0.3 is 11.9 Å². The zero-order valence-electron chi connectivity index (χ0n) is 23.0. The summed E-state index contributed by atoms with van der Waals surface area (Å²) in [7, 11) is 0. The maximum Gasteiger partial charge on any atom is 0.338 e. The number of benzene rings is 3. The molecule has 0 bridgehead atoms. The summed E-state index contributed by atoms with van der Waals surface area (Å²) in [6, 6.07) is 19.2. The Morgan fingerprint density at radius 2 is 1.30 bits per heavy atom. The van der Waals surface area contributed by atoms with Gasteiger partial charge in [-0.1, -0.05) is 13.0 Å². The van der Waals surface area contributed by atoms with Crippen molar-refractivity contribution in [3.63, 3.8) is 0 Å². The molecule has 0 saturated carbocycles. The van der Waals surface area contributed by atoms with Crippen molar-refractivity contribution in [2.45, 2.75) is 46.5 Å². The molecule has 0 saturated heterocycles. The predicted molar refractivity (Wildman–Crippen MR) is 152 cm³/mol. The third-order valence-electron chi connectivity index (χ3n) is 5.56. The van der Waals surface area contributed by atoms with E-state index in [-0.39, 0.29) is 25.2 Å². The maximum absolute atomic E-state index is 12.2. The first kappa shape index (κ1) is 29.9. The zero-order valence-corrected chi connectivity index (χ0v) is 23.0. The number of hydrogen-bond acceptors (Lipinski definition) is 7. The second-order valence-electron chi connectivity index (χ2n) is 9.27. The second-order valence-corrected chi connectivity index (χ2v) is 9.27. The lowest BCUT2D eigenvalue weighted by atomic mass is 10.1. The van der Waals surface area contributed by atoms with Crippen molar-refractivity contribution >= 4 is 35.1 Å². The largest absolute Gasteiger partial charge is 0.462 e. The molecule has 2 N–H and O–H groups in total. The van der Waals surface area contributed by atoms with Gasteiger partial charge in [-0.2, -0.15) is 0 Å². The van der Waals surface area contributed by atoms with E-state index in [1.165, 1.54) is 0 Å². The number of carbonyl (C=O) groups is 4. The van der Waals surface area contributed by atoms with Gasteiger partial charge in [-0.25, -0.2) is 4.79 Å². The monoisotopic (exact) mass is 546 g/mol. The Labute approximate surface area is 233 Å². The van der Waals surface area contributed by atoms with Crippen molar-refractivity contribution in [3.05, 3.63) is 83.4 Å². The fourth-order valence-corrected chi connectivity index (χ4v) is 3.73. The van der Waals surface area contributed by atoms with Crippen LogP contribution in [0.4, 0.5) is 11.4 Å². The molecule has 0 radical (unpaired) electrons. The molecular formula is C31H34N2O7. The summed E-state index contributed by atoms with van der Waals surface area (Å²) >= 11 is 0. The number of ether oxygens (including phenoxy) is 3. The Morgan fingerprint density at radius 1 is 0.700 bits per heavy atom. The van der Waals surface area contributed by atoms with Crippen molar-refractivity contribution < 1.29 is 33.4 Å². The van der Waals surface area contributed by atoms with Gasteiger partial charge in [0.2, 0.25) is 5.91 Å². The van der Waals surface area contributed by atoms with E-state index in [9.17, 15) is 19.2 Å². The van der Waals surface area contributed by atoms with Gasteiger partial charge in [-0.05, 0) is 98.5 Å². The van der Waals surface area contributed by atoms with Gasteiger partial charge in [-0.15, -0.1) is 0 Å². The number of aryl methyl sites for hydroxylation is 2. The lowest BCUT2D eigenvalue weighted by molar-refractivity contribution is -0.147. The first-order valence-corrected chi connectivity index (χ1v) is 13.1. The molecule has 0 spiro atoms. The van der Waals surface area contributed by atoms with Crippen molar-refractivity contribution in [3.8, 4) is 11.5 Å². The highest BCUT2D eigenvalue weighted by Gasteiger charge is 2.11. The number of esters is 2. The van der Waals surface area contributed by atoms with E-state index >= 15 is 0 Å². The van der Waals surface area contributed by atoms with Crippen molar-refractivity contribution in [2.24, 2.45) is 0 Å². The normalized spacial score (nSPS) is 10.4. The molecule has 3 aromatic carbocycles. The molecule has 0 aliphatic heterocycles. The molecule has 0 atom stereocenters. The Morgan fingerprint density at radius 3 is 1.93 bits per heavy atom. The minimum absolute atomic E-state index is 0.00203. The van der Waals surface area contributed by atoms with Crippen LogP contribution in [-0.4, -0.2) is 37.0 Å².